The van der Waals surface area contributed by atoms with Gasteiger partial charge in [0.1, 0.15) is 5.75 Å². The van der Waals surface area contributed by atoms with Gasteiger partial charge in [0.15, 0.2) is 0 Å². The number of hydrogen-bond acceptors (Lipinski definition) is 6. The van der Waals surface area contributed by atoms with Crippen molar-refractivity contribution in [1.29, 1.82) is 0 Å². The van der Waals surface area contributed by atoms with E-state index in [4.69, 9.17) is 9.15 Å². The molecule has 1 aliphatic heterocycles. The van der Waals surface area contributed by atoms with Gasteiger partial charge in [-0.3, -0.25) is 4.90 Å². The molecule has 2 aromatic rings. The van der Waals surface area contributed by atoms with Crippen LogP contribution in [-0.2, 0) is 6.54 Å². The van der Waals surface area contributed by atoms with Crippen LogP contribution >= 0.6 is 0 Å². The summed E-state index contributed by atoms with van der Waals surface area (Å²) in [5.41, 5.74) is 0.791. The van der Waals surface area contributed by atoms with Crippen molar-refractivity contribution < 1.29 is 14.3 Å². The highest BCUT2D eigenvalue weighted by Gasteiger charge is 2.25. The Labute approximate surface area is 123 Å². The second-order valence-corrected chi connectivity index (χ2v) is 5.15. The molecule has 1 atom stereocenters. The minimum Gasteiger partial charge on any atom is -0.496 e. The van der Waals surface area contributed by atoms with Crippen molar-refractivity contribution in [2.75, 3.05) is 20.3 Å². The van der Waals surface area contributed by atoms with Gasteiger partial charge in [0.25, 0.3) is 5.89 Å². The Morgan fingerprint density at radius 3 is 3.05 bits per heavy atom. The molecule has 0 spiro atoms. The smallest absolute Gasteiger partial charge is 0.251 e. The molecule has 1 N–H and O–H groups in total. The maximum atomic E-state index is 9.34. The average molecular weight is 289 g/mol. The van der Waals surface area contributed by atoms with Crippen LogP contribution in [-0.4, -0.2) is 46.5 Å². The number of para-hydroxylation sites is 1. The van der Waals surface area contributed by atoms with Crippen LogP contribution in [0.15, 0.2) is 28.7 Å². The predicted molar refractivity (Wildman–Crippen MR) is 76.8 cm³/mol. The molecule has 6 nitrogen and oxygen atoms in total. The molecule has 0 bridgehead atoms. The zero-order chi connectivity index (χ0) is 14.7. The normalized spacial score (nSPS) is 19.0. The van der Waals surface area contributed by atoms with E-state index in [1.807, 2.05) is 24.3 Å². The van der Waals surface area contributed by atoms with Crippen molar-refractivity contribution in [3.63, 3.8) is 0 Å². The van der Waals surface area contributed by atoms with E-state index in [0.29, 0.717) is 24.1 Å². The molecule has 21 heavy (non-hydrogen) atoms. The molecule has 1 aromatic carbocycles. The van der Waals surface area contributed by atoms with Crippen LogP contribution in [0.4, 0.5) is 0 Å². The molecular weight excluding hydrogens is 270 g/mol. The summed E-state index contributed by atoms with van der Waals surface area (Å²) in [7, 11) is 1.62. The van der Waals surface area contributed by atoms with Gasteiger partial charge in [-0.25, -0.2) is 0 Å². The fourth-order valence-electron chi connectivity index (χ4n) is 2.73. The van der Waals surface area contributed by atoms with Crippen molar-refractivity contribution >= 4 is 0 Å². The largest absolute Gasteiger partial charge is 0.496 e. The van der Waals surface area contributed by atoms with Gasteiger partial charge >= 0.3 is 0 Å². The van der Waals surface area contributed by atoms with Crippen molar-refractivity contribution in [3.05, 3.63) is 30.2 Å². The predicted octanol–water partition coefficient (Wildman–Crippen LogP) is 1.70. The number of nitrogens with zero attached hydrogens (tertiary/aromatic N) is 3. The van der Waals surface area contributed by atoms with Crippen LogP contribution in [0.1, 0.15) is 18.7 Å². The van der Waals surface area contributed by atoms with Gasteiger partial charge < -0.3 is 14.3 Å². The van der Waals surface area contributed by atoms with Crippen LogP contribution in [0.2, 0.25) is 0 Å². The lowest BCUT2D eigenvalue weighted by molar-refractivity contribution is 0.144. The molecular formula is C15H19N3O3. The molecule has 0 aliphatic carbocycles. The SMILES string of the molecule is COc1ccccc1-c1nnc(CN2CCC[C@@H]2CO)o1. The summed E-state index contributed by atoms with van der Waals surface area (Å²) in [6, 6.07) is 7.76. The van der Waals surface area contributed by atoms with Crippen LogP contribution in [0.3, 0.4) is 0 Å². The Morgan fingerprint density at radius 1 is 1.38 bits per heavy atom. The number of hydrogen-bond donors (Lipinski definition) is 1. The first-order valence-electron chi connectivity index (χ1n) is 7.12. The minimum atomic E-state index is 0.174. The van der Waals surface area contributed by atoms with Gasteiger partial charge in [-0.2, -0.15) is 0 Å². The van der Waals surface area contributed by atoms with Crippen LogP contribution in [0, 0.1) is 0 Å². The monoisotopic (exact) mass is 289 g/mol. The highest BCUT2D eigenvalue weighted by atomic mass is 16.5. The fraction of sp³-hybridized carbons (Fsp3) is 0.467. The Morgan fingerprint density at radius 2 is 2.24 bits per heavy atom. The maximum absolute atomic E-state index is 9.34. The van der Waals surface area contributed by atoms with Gasteiger partial charge in [-0.1, -0.05) is 12.1 Å². The van der Waals surface area contributed by atoms with E-state index in [-0.39, 0.29) is 12.6 Å². The minimum absolute atomic E-state index is 0.174. The number of likely N-dealkylation sites (tertiary alicyclic amines) is 1. The summed E-state index contributed by atoms with van der Waals surface area (Å²) in [5.74, 6) is 1.74. The van der Waals surface area contributed by atoms with E-state index < -0.39 is 0 Å². The topological polar surface area (TPSA) is 71.6 Å². The second kappa shape index (κ2) is 6.24. The third-order valence-electron chi connectivity index (χ3n) is 3.85. The zero-order valence-corrected chi connectivity index (χ0v) is 12.0. The zero-order valence-electron chi connectivity index (χ0n) is 12.0. The summed E-state index contributed by atoms with van der Waals surface area (Å²) in [4.78, 5) is 2.18. The van der Waals surface area contributed by atoms with E-state index in [0.717, 1.165) is 24.9 Å². The molecule has 1 saturated heterocycles. The van der Waals surface area contributed by atoms with Gasteiger partial charge in [-0.05, 0) is 31.5 Å². The Kier molecular flexibility index (Phi) is 4.17. The summed E-state index contributed by atoms with van der Waals surface area (Å²) in [6.45, 7) is 1.71. The summed E-state index contributed by atoms with van der Waals surface area (Å²) >= 11 is 0. The molecule has 0 radical (unpaired) electrons. The van der Waals surface area contributed by atoms with Gasteiger partial charge in [-0.15, -0.1) is 10.2 Å². The summed E-state index contributed by atoms with van der Waals surface area (Å²) in [5, 5.41) is 17.5. The lowest BCUT2D eigenvalue weighted by Crippen LogP contribution is -2.31. The molecule has 0 amide bonds. The number of aliphatic hydroxyl groups excluding tert-OH is 1. The molecule has 6 heteroatoms. The maximum Gasteiger partial charge on any atom is 0.251 e. The first-order valence-corrected chi connectivity index (χ1v) is 7.12. The fourth-order valence-corrected chi connectivity index (χ4v) is 2.73. The third-order valence-corrected chi connectivity index (χ3v) is 3.85. The Bertz CT molecular complexity index is 599. The number of aromatic nitrogens is 2. The Hall–Kier alpha value is -1.92. The Balaban J connectivity index is 1.77. The first kappa shape index (κ1) is 14.0. The van der Waals surface area contributed by atoms with Crippen molar-refractivity contribution in [3.8, 4) is 17.2 Å². The number of rotatable bonds is 5. The highest BCUT2D eigenvalue weighted by Crippen LogP contribution is 2.29. The van der Waals surface area contributed by atoms with Gasteiger partial charge in [0.2, 0.25) is 5.89 Å². The van der Waals surface area contributed by atoms with E-state index in [2.05, 4.69) is 15.1 Å². The third kappa shape index (κ3) is 2.91. The highest BCUT2D eigenvalue weighted by molar-refractivity contribution is 5.62. The average Bonchev–Trinajstić information content (AvgIpc) is 3.16. The lowest BCUT2D eigenvalue weighted by atomic mass is 10.2. The molecule has 1 aliphatic rings. The molecule has 0 saturated carbocycles. The van der Waals surface area contributed by atoms with E-state index in [1.165, 1.54) is 0 Å². The summed E-state index contributed by atoms with van der Waals surface area (Å²) < 4.78 is 11.0. The van der Waals surface area contributed by atoms with Gasteiger partial charge in [0, 0.05) is 6.04 Å². The van der Waals surface area contributed by atoms with Crippen molar-refractivity contribution in [2.45, 2.75) is 25.4 Å². The molecule has 3 rings (SSSR count). The summed E-state index contributed by atoms with van der Waals surface area (Å²) in [6.07, 6.45) is 2.11. The van der Waals surface area contributed by atoms with E-state index in [9.17, 15) is 5.11 Å². The van der Waals surface area contributed by atoms with Crippen LogP contribution in [0.5, 0.6) is 5.75 Å². The van der Waals surface area contributed by atoms with E-state index >= 15 is 0 Å². The quantitative estimate of drug-likeness (QED) is 0.903. The number of aliphatic hydroxyl groups is 1. The molecule has 112 valence electrons. The van der Waals surface area contributed by atoms with E-state index in [1.54, 1.807) is 7.11 Å². The molecule has 1 aromatic heterocycles. The number of benzene rings is 1. The van der Waals surface area contributed by atoms with Crippen LogP contribution in [0.25, 0.3) is 11.5 Å². The number of methoxy groups -OCH3 is 1. The van der Waals surface area contributed by atoms with Crippen molar-refractivity contribution in [2.24, 2.45) is 0 Å². The molecule has 2 heterocycles. The molecule has 1 fully saturated rings. The number of ether oxygens (including phenoxy) is 1. The molecule has 0 unspecified atom stereocenters. The second-order valence-electron chi connectivity index (χ2n) is 5.15. The first-order chi connectivity index (χ1) is 10.3. The van der Waals surface area contributed by atoms with Crippen molar-refractivity contribution in [1.82, 2.24) is 15.1 Å². The lowest BCUT2D eigenvalue weighted by Gasteiger charge is -2.20. The van der Waals surface area contributed by atoms with Gasteiger partial charge in [0.05, 0.1) is 25.8 Å². The van der Waals surface area contributed by atoms with Crippen LogP contribution < -0.4 is 4.74 Å². The standard InChI is InChI=1S/C15H19N3O3/c1-20-13-7-3-2-6-12(13)15-17-16-14(21-15)9-18-8-4-5-11(18)10-19/h2-3,6-7,11,19H,4-5,8-10H2,1H3/t11-/m1/s1.